The molecule has 2 heterocycles. The third-order valence-electron chi connectivity index (χ3n) is 4.54. The minimum atomic E-state index is -1.10. The molecule has 1 aliphatic rings. The normalized spacial score (nSPS) is 17.0. The van der Waals surface area contributed by atoms with Crippen molar-refractivity contribution in [3.63, 3.8) is 0 Å². The number of nitrogens with zero attached hydrogens (tertiary/aromatic N) is 4. The molecule has 1 fully saturated rings. The number of hydrogen-bond donors (Lipinski definition) is 0. The quantitative estimate of drug-likeness (QED) is 0.664. The second-order valence-electron chi connectivity index (χ2n) is 6.18. The summed E-state index contributed by atoms with van der Waals surface area (Å²) in [4.78, 5) is 4.55. The standard InChI is InChI=1S/C17H16BrFN4O/c1-10(19)14-9-13(21-23(14)2)15-20-16(22-24-15)17(7-8-17)11-5-3-4-6-12(11)18/h3-6,9-10H,7-8H2,1-2H3. The van der Waals surface area contributed by atoms with E-state index in [1.165, 1.54) is 11.6 Å². The summed E-state index contributed by atoms with van der Waals surface area (Å²) >= 11 is 3.61. The van der Waals surface area contributed by atoms with Gasteiger partial charge < -0.3 is 4.52 Å². The monoisotopic (exact) mass is 390 g/mol. The maximum absolute atomic E-state index is 13.6. The predicted molar refractivity (Wildman–Crippen MR) is 90.2 cm³/mol. The number of halogens is 2. The molecule has 1 saturated carbocycles. The SMILES string of the molecule is CC(F)c1cc(-c2nc(C3(c4ccccc4Br)CC3)no2)nn1C. The molecule has 124 valence electrons. The number of alkyl halides is 1. The van der Waals surface area contributed by atoms with Gasteiger partial charge in [0.05, 0.1) is 11.1 Å². The summed E-state index contributed by atoms with van der Waals surface area (Å²) < 4.78 is 21.5. The van der Waals surface area contributed by atoms with Gasteiger partial charge in [0.15, 0.2) is 11.5 Å². The van der Waals surface area contributed by atoms with Crippen molar-refractivity contribution >= 4 is 15.9 Å². The van der Waals surface area contributed by atoms with Crippen molar-refractivity contribution in [3.05, 3.63) is 51.9 Å². The van der Waals surface area contributed by atoms with E-state index >= 15 is 0 Å². The Bertz CT molecular complexity index is 898. The number of hydrogen-bond acceptors (Lipinski definition) is 4. The Labute approximate surface area is 147 Å². The zero-order chi connectivity index (χ0) is 16.9. The average Bonchev–Trinajstić information content (AvgIpc) is 3.02. The number of rotatable bonds is 4. The fourth-order valence-electron chi connectivity index (χ4n) is 3.07. The fourth-order valence-corrected chi connectivity index (χ4v) is 3.73. The van der Waals surface area contributed by atoms with Crippen LogP contribution >= 0.6 is 15.9 Å². The van der Waals surface area contributed by atoms with Gasteiger partial charge in [-0.05, 0) is 37.5 Å². The molecule has 4 rings (SSSR count). The molecule has 0 spiro atoms. The molecular weight excluding hydrogens is 375 g/mol. The molecule has 1 aliphatic carbocycles. The predicted octanol–water partition coefficient (Wildman–Crippen LogP) is 4.34. The fraction of sp³-hybridized carbons (Fsp3) is 0.353. The first-order valence-corrected chi connectivity index (χ1v) is 8.58. The first kappa shape index (κ1) is 15.5. The topological polar surface area (TPSA) is 56.7 Å². The van der Waals surface area contributed by atoms with Crippen LogP contribution in [0.4, 0.5) is 4.39 Å². The van der Waals surface area contributed by atoms with Crippen LogP contribution in [0.1, 0.15) is 43.0 Å². The highest BCUT2D eigenvalue weighted by molar-refractivity contribution is 9.10. The zero-order valence-electron chi connectivity index (χ0n) is 13.3. The summed E-state index contributed by atoms with van der Waals surface area (Å²) in [5.41, 5.74) is 1.94. The largest absolute Gasteiger partial charge is 0.332 e. The van der Waals surface area contributed by atoms with E-state index in [-0.39, 0.29) is 5.41 Å². The Morgan fingerprint density at radius 1 is 1.33 bits per heavy atom. The van der Waals surface area contributed by atoms with Gasteiger partial charge in [0.25, 0.3) is 5.89 Å². The Morgan fingerprint density at radius 2 is 2.08 bits per heavy atom. The van der Waals surface area contributed by atoms with Crippen LogP contribution in [-0.4, -0.2) is 19.9 Å². The van der Waals surface area contributed by atoms with Crippen molar-refractivity contribution in [1.29, 1.82) is 0 Å². The van der Waals surface area contributed by atoms with Gasteiger partial charge in [-0.3, -0.25) is 4.68 Å². The van der Waals surface area contributed by atoms with Crippen LogP contribution in [0, 0.1) is 0 Å². The Kier molecular flexibility index (Phi) is 3.56. The lowest BCUT2D eigenvalue weighted by atomic mass is 9.95. The summed E-state index contributed by atoms with van der Waals surface area (Å²) in [6.07, 6.45) is 0.848. The molecule has 1 aromatic carbocycles. The Balaban J connectivity index is 1.71. The van der Waals surface area contributed by atoms with Gasteiger partial charge in [-0.2, -0.15) is 10.1 Å². The van der Waals surface area contributed by atoms with Gasteiger partial charge in [-0.1, -0.05) is 39.3 Å². The summed E-state index contributed by atoms with van der Waals surface area (Å²) in [5.74, 6) is 0.982. The van der Waals surface area contributed by atoms with Crippen LogP contribution < -0.4 is 0 Å². The van der Waals surface area contributed by atoms with Crippen molar-refractivity contribution in [1.82, 2.24) is 19.9 Å². The van der Waals surface area contributed by atoms with Crippen LogP contribution in [0.15, 0.2) is 39.3 Å². The van der Waals surface area contributed by atoms with Gasteiger partial charge >= 0.3 is 0 Å². The Hall–Kier alpha value is -2.02. The molecule has 0 amide bonds. The lowest BCUT2D eigenvalue weighted by Gasteiger charge is -2.12. The minimum absolute atomic E-state index is 0.202. The summed E-state index contributed by atoms with van der Waals surface area (Å²) in [7, 11) is 1.70. The maximum Gasteiger partial charge on any atom is 0.278 e. The van der Waals surface area contributed by atoms with Crippen LogP contribution in [0.3, 0.4) is 0 Å². The second-order valence-corrected chi connectivity index (χ2v) is 7.03. The summed E-state index contributed by atoms with van der Waals surface area (Å²) in [6.45, 7) is 1.48. The van der Waals surface area contributed by atoms with E-state index < -0.39 is 6.17 Å². The second kappa shape index (κ2) is 5.51. The molecule has 0 bridgehead atoms. The van der Waals surface area contributed by atoms with Crippen LogP contribution in [0.25, 0.3) is 11.6 Å². The van der Waals surface area contributed by atoms with E-state index in [0.29, 0.717) is 23.1 Å². The summed E-state index contributed by atoms with van der Waals surface area (Å²) in [5, 5.41) is 8.46. The number of aryl methyl sites for hydroxylation is 1. The van der Waals surface area contributed by atoms with E-state index in [0.717, 1.165) is 22.9 Å². The van der Waals surface area contributed by atoms with Gasteiger partial charge in [-0.15, -0.1) is 0 Å². The van der Waals surface area contributed by atoms with Gasteiger partial charge in [0.1, 0.15) is 6.17 Å². The first-order chi connectivity index (χ1) is 11.5. The molecule has 0 radical (unpaired) electrons. The van der Waals surface area contributed by atoms with Crippen molar-refractivity contribution < 1.29 is 8.91 Å². The van der Waals surface area contributed by atoms with Gasteiger partial charge in [0, 0.05) is 11.5 Å². The maximum atomic E-state index is 13.6. The van der Waals surface area contributed by atoms with E-state index in [1.807, 2.05) is 18.2 Å². The summed E-state index contributed by atoms with van der Waals surface area (Å²) in [6, 6.07) is 9.74. The molecule has 5 nitrogen and oxygen atoms in total. The minimum Gasteiger partial charge on any atom is -0.332 e. The van der Waals surface area contributed by atoms with E-state index in [4.69, 9.17) is 4.52 Å². The lowest BCUT2D eigenvalue weighted by molar-refractivity contribution is 0.353. The molecule has 0 saturated heterocycles. The van der Waals surface area contributed by atoms with Gasteiger partial charge in [0.2, 0.25) is 0 Å². The van der Waals surface area contributed by atoms with Crippen molar-refractivity contribution in [2.24, 2.45) is 7.05 Å². The average molecular weight is 391 g/mol. The highest BCUT2D eigenvalue weighted by Gasteiger charge is 2.51. The smallest absolute Gasteiger partial charge is 0.278 e. The molecular formula is C17H16BrFN4O. The van der Waals surface area contributed by atoms with Crippen molar-refractivity contribution in [2.45, 2.75) is 31.4 Å². The van der Waals surface area contributed by atoms with E-state index in [2.05, 4.69) is 37.2 Å². The third-order valence-corrected chi connectivity index (χ3v) is 5.23. The van der Waals surface area contributed by atoms with Crippen LogP contribution in [0.5, 0.6) is 0 Å². The molecule has 7 heteroatoms. The molecule has 24 heavy (non-hydrogen) atoms. The highest BCUT2D eigenvalue weighted by atomic mass is 79.9. The van der Waals surface area contributed by atoms with Crippen LogP contribution in [0.2, 0.25) is 0 Å². The van der Waals surface area contributed by atoms with Gasteiger partial charge in [-0.25, -0.2) is 4.39 Å². The van der Waals surface area contributed by atoms with Crippen molar-refractivity contribution in [2.75, 3.05) is 0 Å². The van der Waals surface area contributed by atoms with E-state index in [9.17, 15) is 4.39 Å². The molecule has 0 N–H and O–H groups in total. The van der Waals surface area contributed by atoms with Crippen molar-refractivity contribution in [3.8, 4) is 11.6 Å². The molecule has 0 aliphatic heterocycles. The molecule has 1 unspecified atom stereocenters. The molecule has 3 aromatic rings. The molecule has 2 aromatic heterocycles. The highest BCUT2D eigenvalue weighted by Crippen LogP contribution is 2.54. The number of aromatic nitrogens is 4. The van der Waals surface area contributed by atoms with Crippen LogP contribution in [-0.2, 0) is 12.5 Å². The molecule has 1 atom stereocenters. The zero-order valence-corrected chi connectivity index (χ0v) is 14.9. The number of benzene rings is 1. The third kappa shape index (κ3) is 2.38. The lowest BCUT2D eigenvalue weighted by Crippen LogP contribution is -2.11. The Morgan fingerprint density at radius 3 is 2.71 bits per heavy atom. The van der Waals surface area contributed by atoms with E-state index in [1.54, 1.807) is 13.1 Å². The first-order valence-electron chi connectivity index (χ1n) is 7.79.